The molecule has 10 heteroatoms. The molecule has 0 aliphatic heterocycles. The van der Waals surface area contributed by atoms with Crippen molar-refractivity contribution in [2.75, 3.05) is 19.5 Å². The zero-order valence-corrected chi connectivity index (χ0v) is 18.8. The van der Waals surface area contributed by atoms with Gasteiger partial charge in [0.2, 0.25) is 11.0 Å². The van der Waals surface area contributed by atoms with Crippen molar-refractivity contribution in [3.05, 3.63) is 94.5 Å². The molecule has 2 heterocycles. The molecular formula is C23H21N5O4S. The molecule has 0 saturated carbocycles. The third-order valence-corrected chi connectivity index (χ3v) is 5.69. The Bertz CT molecular complexity index is 1300. The molecule has 2 aromatic carbocycles. The van der Waals surface area contributed by atoms with Gasteiger partial charge in [0.25, 0.3) is 0 Å². The second kappa shape index (κ2) is 10.0. The van der Waals surface area contributed by atoms with E-state index in [0.29, 0.717) is 22.2 Å². The standard InChI is InChI=1S/C23H21N5O4S/c1-31-19-7-5-6-16(14-19)15-33-23-26-25-20(21(29)28(23)27-12-3-4-13-27)24-18-10-8-17(9-11-18)22(30)32-2/h3-14H,15H2,1-2H3,(H,24,25). The van der Waals surface area contributed by atoms with Gasteiger partial charge >= 0.3 is 11.5 Å². The number of rotatable bonds is 8. The summed E-state index contributed by atoms with van der Waals surface area (Å²) in [5, 5.41) is 11.8. The first-order valence-corrected chi connectivity index (χ1v) is 10.9. The predicted molar refractivity (Wildman–Crippen MR) is 125 cm³/mol. The first-order chi connectivity index (χ1) is 16.1. The van der Waals surface area contributed by atoms with Crippen LogP contribution < -0.4 is 15.6 Å². The Labute approximate surface area is 194 Å². The highest BCUT2D eigenvalue weighted by Crippen LogP contribution is 2.23. The van der Waals surface area contributed by atoms with Gasteiger partial charge in [0.05, 0.1) is 19.8 Å². The summed E-state index contributed by atoms with van der Waals surface area (Å²) in [5.74, 6) is 0.961. The summed E-state index contributed by atoms with van der Waals surface area (Å²) in [7, 11) is 2.94. The minimum Gasteiger partial charge on any atom is -0.497 e. The Kier molecular flexibility index (Phi) is 6.75. The molecular weight excluding hydrogens is 442 g/mol. The summed E-state index contributed by atoms with van der Waals surface area (Å²) in [6.07, 6.45) is 3.52. The van der Waals surface area contributed by atoms with E-state index in [1.807, 2.05) is 36.4 Å². The van der Waals surface area contributed by atoms with Crippen LogP contribution in [-0.4, -0.2) is 39.7 Å². The van der Waals surface area contributed by atoms with Gasteiger partial charge < -0.3 is 14.8 Å². The molecule has 33 heavy (non-hydrogen) atoms. The maximum atomic E-state index is 13.3. The summed E-state index contributed by atoms with van der Waals surface area (Å²) < 4.78 is 13.1. The Morgan fingerprint density at radius 1 is 1.03 bits per heavy atom. The molecule has 0 aliphatic carbocycles. The summed E-state index contributed by atoms with van der Waals surface area (Å²) in [4.78, 5) is 24.9. The number of methoxy groups -OCH3 is 2. The fraction of sp³-hybridized carbons (Fsp3) is 0.130. The van der Waals surface area contributed by atoms with Crippen LogP contribution in [0.5, 0.6) is 5.75 Å². The number of hydrogen-bond acceptors (Lipinski definition) is 8. The lowest BCUT2D eigenvalue weighted by Gasteiger charge is -2.14. The van der Waals surface area contributed by atoms with Crippen molar-refractivity contribution in [1.29, 1.82) is 0 Å². The van der Waals surface area contributed by atoms with Gasteiger partial charge in [-0.3, -0.25) is 9.47 Å². The maximum absolute atomic E-state index is 13.3. The second-order valence-corrected chi connectivity index (χ2v) is 7.79. The van der Waals surface area contributed by atoms with Gasteiger partial charge in [0.1, 0.15) is 5.75 Å². The van der Waals surface area contributed by atoms with Crippen LogP contribution in [0.2, 0.25) is 0 Å². The molecule has 4 rings (SSSR count). The number of anilines is 2. The highest BCUT2D eigenvalue weighted by atomic mass is 32.2. The van der Waals surface area contributed by atoms with E-state index < -0.39 is 5.97 Å². The van der Waals surface area contributed by atoms with Crippen LogP contribution in [0.1, 0.15) is 15.9 Å². The smallest absolute Gasteiger partial charge is 0.337 e. The minimum atomic E-state index is -0.436. The largest absolute Gasteiger partial charge is 0.497 e. The summed E-state index contributed by atoms with van der Waals surface area (Å²) in [5.41, 5.74) is 1.65. The monoisotopic (exact) mass is 463 g/mol. The van der Waals surface area contributed by atoms with Crippen LogP contribution in [-0.2, 0) is 10.5 Å². The van der Waals surface area contributed by atoms with E-state index >= 15 is 0 Å². The van der Waals surface area contributed by atoms with Gasteiger partial charge in [-0.2, -0.15) is 4.68 Å². The second-order valence-electron chi connectivity index (χ2n) is 6.85. The molecule has 4 aromatic rings. The van der Waals surface area contributed by atoms with E-state index in [9.17, 15) is 9.59 Å². The lowest BCUT2D eigenvalue weighted by Crippen LogP contribution is -2.30. The fourth-order valence-electron chi connectivity index (χ4n) is 3.05. The van der Waals surface area contributed by atoms with Gasteiger partial charge in [-0.15, -0.1) is 10.2 Å². The molecule has 1 N–H and O–H groups in total. The van der Waals surface area contributed by atoms with Crippen molar-refractivity contribution >= 4 is 29.2 Å². The van der Waals surface area contributed by atoms with Crippen LogP contribution in [0.4, 0.5) is 11.5 Å². The van der Waals surface area contributed by atoms with Crippen molar-refractivity contribution < 1.29 is 14.3 Å². The number of carbonyl (C=O) groups excluding carboxylic acids is 1. The van der Waals surface area contributed by atoms with Crippen LogP contribution >= 0.6 is 11.8 Å². The molecule has 168 valence electrons. The number of thioether (sulfide) groups is 1. The average molecular weight is 464 g/mol. The highest BCUT2D eigenvalue weighted by Gasteiger charge is 2.15. The number of benzene rings is 2. The van der Waals surface area contributed by atoms with Crippen LogP contribution in [0, 0.1) is 0 Å². The molecule has 0 atom stereocenters. The van der Waals surface area contributed by atoms with E-state index in [1.54, 1.807) is 48.4 Å². The summed E-state index contributed by atoms with van der Waals surface area (Å²) in [6.45, 7) is 0. The molecule has 0 fully saturated rings. The number of hydrogen-bond donors (Lipinski definition) is 1. The number of carbonyl (C=O) groups is 1. The SMILES string of the molecule is COC(=O)c1ccc(Nc2nnc(SCc3cccc(OC)c3)n(-n3cccc3)c2=O)cc1. The van der Waals surface area contributed by atoms with Crippen LogP contribution in [0.25, 0.3) is 0 Å². The lowest BCUT2D eigenvalue weighted by molar-refractivity contribution is 0.0601. The van der Waals surface area contributed by atoms with Crippen molar-refractivity contribution in [1.82, 2.24) is 19.5 Å². The number of nitrogens with zero attached hydrogens (tertiary/aromatic N) is 4. The Morgan fingerprint density at radius 2 is 1.79 bits per heavy atom. The Morgan fingerprint density at radius 3 is 2.48 bits per heavy atom. The van der Waals surface area contributed by atoms with Crippen molar-refractivity contribution in [3.63, 3.8) is 0 Å². The van der Waals surface area contributed by atoms with Gasteiger partial charge in [0.15, 0.2) is 0 Å². The van der Waals surface area contributed by atoms with E-state index in [1.165, 1.54) is 23.5 Å². The highest BCUT2D eigenvalue weighted by molar-refractivity contribution is 7.98. The first-order valence-electron chi connectivity index (χ1n) is 9.93. The maximum Gasteiger partial charge on any atom is 0.337 e. The van der Waals surface area contributed by atoms with Gasteiger partial charge in [-0.25, -0.2) is 4.79 Å². The molecule has 0 spiro atoms. The molecule has 0 bridgehead atoms. The van der Waals surface area contributed by atoms with E-state index in [0.717, 1.165) is 11.3 Å². The molecule has 0 unspecified atom stereocenters. The van der Waals surface area contributed by atoms with E-state index in [-0.39, 0.29) is 11.4 Å². The minimum absolute atomic E-state index is 0.0558. The van der Waals surface area contributed by atoms with Gasteiger partial charge in [0, 0.05) is 23.8 Å². The topological polar surface area (TPSA) is 100 Å². The molecule has 0 aliphatic rings. The van der Waals surface area contributed by atoms with Crippen molar-refractivity contribution in [2.24, 2.45) is 0 Å². The zero-order chi connectivity index (χ0) is 23.2. The van der Waals surface area contributed by atoms with Crippen molar-refractivity contribution in [3.8, 4) is 5.75 Å². The number of ether oxygens (including phenoxy) is 2. The zero-order valence-electron chi connectivity index (χ0n) is 18.0. The third-order valence-electron chi connectivity index (χ3n) is 4.70. The predicted octanol–water partition coefficient (Wildman–Crippen LogP) is 3.58. The van der Waals surface area contributed by atoms with Crippen molar-refractivity contribution in [2.45, 2.75) is 10.9 Å². The molecule has 9 nitrogen and oxygen atoms in total. The van der Waals surface area contributed by atoms with Gasteiger partial charge in [-0.05, 0) is 54.1 Å². The molecule has 0 radical (unpaired) electrons. The number of nitrogens with one attached hydrogen (secondary N) is 1. The lowest BCUT2D eigenvalue weighted by atomic mass is 10.2. The molecule has 0 amide bonds. The number of esters is 1. The number of aromatic nitrogens is 4. The average Bonchev–Trinajstić information content (AvgIpc) is 3.38. The van der Waals surface area contributed by atoms with E-state index in [2.05, 4.69) is 15.5 Å². The van der Waals surface area contributed by atoms with Crippen LogP contribution in [0.3, 0.4) is 0 Å². The van der Waals surface area contributed by atoms with Crippen LogP contribution in [0.15, 0.2) is 83.0 Å². The normalized spacial score (nSPS) is 10.6. The van der Waals surface area contributed by atoms with E-state index in [4.69, 9.17) is 9.47 Å². The quantitative estimate of drug-likeness (QED) is 0.313. The summed E-state index contributed by atoms with van der Waals surface area (Å²) in [6, 6.07) is 17.9. The molecule has 0 saturated heterocycles. The molecule has 2 aromatic heterocycles. The Balaban J connectivity index is 1.62. The first kappa shape index (κ1) is 22.2. The fourth-order valence-corrected chi connectivity index (χ4v) is 3.92. The third kappa shape index (κ3) is 5.07. The summed E-state index contributed by atoms with van der Waals surface area (Å²) >= 11 is 1.39. The van der Waals surface area contributed by atoms with Gasteiger partial charge in [-0.1, -0.05) is 23.9 Å². The Hall–Kier alpha value is -4.05.